The molecule has 0 saturated heterocycles. The molecule has 1 aromatic carbocycles. The number of Topliss-reactive ketones (excluding diaryl/α,β-unsaturated/α-hetero) is 1. The van der Waals surface area contributed by atoms with Crippen molar-refractivity contribution in [2.45, 2.75) is 81.8 Å². The summed E-state index contributed by atoms with van der Waals surface area (Å²) in [5.74, 6) is 0.384. The maximum atomic E-state index is 12.9. The summed E-state index contributed by atoms with van der Waals surface area (Å²) in [4.78, 5) is 12.6. The molecule has 0 aromatic heterocycles. The summed E-state index contributed by atoms with van der Waals surface area (Å²) in [6.07, 6.45) is 2.06. The largest absolute Gasteiger partial charge is 0.507 e. The summed E-state index contributed by atoms with van der Waals surface area (Å²) >= 11 is 0. The first-order valence-corrected chi connectivity index (χ1v) is 9.45. The summed E-state index contributed by atoms with van der Waals surface area (Å²) in [5, 5.41) is 10.3. The molecule has 3 nitrogen and oxygen atoms in total. The molecule has 128 valence electrons. The summed E-state index contributed by atoms with van der Waals surface area (Å²) in [5.41, 5.74) is 1.06. The van der Waals surface area contributed by atoms with Crippen LogP contribution in [0.2, 0.25) is 0 Å². The van der Waals surface area contributed by atoms with Crippen molar-refractivity contribution < 1.29 is 14.1 Å². The molecule has 1 aliphatic rings. The van der Waals surface area contributed by atoms with Gasteiger partial charge in [0, 0.05) is 22.4 Å². The van der Waals surface area contributed by atoms with Crippen molar-refractivity contribution >= 4 is 16.6 Å². The van der Waals surface area contributed by atoms with E-state index in [-0.39, 0.29) is 27.6 Å². The molecule has 2 atom stereocenters. The lowest BCUT2D eigenvalue weighted by Gasteiger charge is -2.28. The van der Waals surface area contributed by atoms with E-state index < -0.39 is 10.8 Å². The minimum atomic E-state index is -1.35. The van der Waals surface area contributed by atoms with E-state index in [4.69, 9.17) is 0 Å². The number of hydrogen-bond acceptors (Lipinski definition) is 3. The average molecular weight is 336 g/mol. The number of hydrogen-bond donors (Lipinski definition) is 1. The maximum Gasteiger partial charge on any atom is 0.148 e. The molecule has 1 saturated carbocycles. The first-order chi connectivity index (χ1) is 10.4. The van der Waals surface area contributed by atoms with Crippen LogP contribution in [0.3, 0.4) is 0 Å². The molecule has 0 heterocycles. The number of phenolic OH excluding ortho intramolecular Hbond substituents is 1. The van der Waals surface area contributed by atoms with Gasteiger partial charge in [-0.25, -0.2) is 0 Å². The van der Waals surface area contributed by atoms with E-state index >= 15 is 0 Å². The maximum absolute atomic E-state index is 12.9. The summed E-state index contributed by atoms with van der Waals surface area (Å²) in [7, 11) is -1.35. The highest BCUT2D eigenvalue weighted by Crippen LogP contribution is 2.41. The van der Waals surface area contributed by atoms with Gasteiger partial charge in [-0.05, 0) is 35.8 Å². The van der Waals surface area contributed by atoms with E-state index in [1.165, 1.54) is 0 Å². The molecule has 2 unspecified atom stereocenters. The van der Waals surface area contributed by atoms with E-state index in [0.717, 1.165) is 17.5 Å². The molecular weight excluding hydrogens is 308 g/mol. The van der Waals surface area contributed by atoms with Crippen molar-refractivity contribution in [2.24, 2.45) is 0 Å². The molecule has 1 fully saturated rings. The minimum Gasteiger partial charge on any atom is -0.507 e. The van der Waals surface area contributed by atoms with Gasteiger partial charge in [-0.3, -0.25) is 9.00 Å². The second kappa shape index (κ2) is 6.04. The van der Waals surface area contributed by atoms with Gasteiger partial charge in [-0.15, -0.1) is 0 Å². The Bertz CT molecular complexity index is 613. The molecule has 0 aliphatic heterocycles. The lowest BCUT2D eigenvalue weighted by Crippen LogP contribution is -2.22. The highest BCUT2D eigenvalue weighted by atomic mass is 32.2. The van der Waals surface area contributed by atoms with Crippen LogP contribution < -0.4 is 0 Å². The number of carbonyl (C=O) groups is 1. The van der Waals surface area contributed by atoms with Gasteiger partial charge in [-0.2, -0.15) is 0 Å². The van der Waals surface area contributed by atoms with Crippen molar-refractivity contribution in [3.63, 3.8) is 0 Å². The molecule has 4 heteroatoms. The Morgan fingerprint density at radius 3 is 1.87 bits per heavy atom. The van der Waals surface area contributed by atoms with Crippen LogP contribution >= 0.6 is 0 Å². The van der Waals surface area contributed by atoms with Crippen molar-refractivity contribution in [3.05, 3.63) is 23.3 Å². The van der Waals surface area contributed by atoms with Crippen LogP contribution in [-0.2, 0) is 26.4 Å². The predicted octanol–water partition coefficient (Wildman–Crippen LogP) is 4.22. The molecule has 0 radical (unpaired) electrons. The van der Waals surface area contributed by atoms with Crippen LogP contribution in [0.25, 0.3) is 0 Å². The summed E-state index contributed by atoms with van der Waals surface area (Å²) in [6.45, 7) is 12.2. The minimum absolute atomic E-state index is 0.103. The zero-order valence-electron chi connectivity index (χ0n) is 15.0. The van der Waals surface area contributed by atoms with Gasteiger partial charge in [0.1, 0.15) is 11.5 Å². The van der Waals surface area contributed by atoms with Crippen molar-refractivity contribution in [3.8, 4) is 5.75 Å². The Morgan fingerprint density at radius 2 is 1.52 bits per heavy atom. The number of rotatable bonds is 2. The smallest absolute Gasteiger partial charge is 0.148 e. The van der Waals surface area contributed by atoms with E-state index in [0.29, 0.717) is 17.7 Å². The number of carbonyl (C=O) groups excluding carboxylic acids is 1. The van der Waals surface area contributed by atoms with Crippen molar-refractivity contribution in [2.75, 3.05) is 0 Å². The predicted molar refractivity (Wildman–Crippen MR) is 94.6 cm³/mol. The lowest BCUT2D eigenvalue weighted by atomic mass is 9.79. The SMILES string of the molecule is CC(C)(C)c1cc(S(=O)C2CCCC2=O)cc(C(C)(C)C)c1O. The molecular formula is C19H28O3S. The van der Waals surface area contributed by atoms with Crippen LogP contribution in [0, 0.1) is 0 Å². The fraction of sp³-hybridized carbons (Fsp3) is 0.632. The first-order valence-electron chi connectivity index (χ1n) is 8.24. The molecule has 1 N–H and O–H groups in total. The molecule has 1 aromatic rings. The second-order valence-corrected chi connectivity index (χ2v) is 10.1. The van der Waals surface area contributed by atoms with Gasteiger partial charge < -0.3 is 5.11 Å². The second-order valence-electron chi connectivity index (χ2n) is 8.51. The van der Waals surface area contributed by atoms with Crippen molar-refractivity contribution in [1.82, 2.24) is 0 Å². The van der Waals surface area contributed by atoms with Crippen molar-refractivity contribution in [1.29, 1.82) is 0 Å². The first kappa shape index (κ1) is 18.2. The van der Waals surface area contributed by atoms with Gasteiger partial charge in [0.25, 0.3) is 0 Å². The fourth-order valence-electron chi connectivity index (χ4n) is 3.04. The quantitative estimate of drug-likeness (QED) is 0.880. The normalized spacial score (nSPS) is 20.8. The monoisotopic (exact) mass is 336 g/mol. The van der Waals surface area contributed by atoms with E-state index in [9.17, 15) is 14.1 Å². The van der Waals surface area contributed by atoms with Gasteiger partial charge in [0.2, 0.25) is 0 Å². The Hall–Kier alpha value is -1.16. The zero-order chi connectivity index (χ0) is 17.6. The van der Waals surface area contributed by atoms with Crippen LogP contribution in [0.15, 0.2) is 17.0 Å². The number of phenols is 1. The number of ketones is 1. The topological polar surface area (TPSA) is 54.4 Å². The van der Waals surface area contributed by atoms with E-state index in [1.807, 2.05) is 53.7 Å². The zero-order valence-corrected chi connectivity index (χ0v) is 15.8. The Kier molecular flexibility index (Phi) is 4.78. The van der Waals surface area contributed by atoms with Gasteiger partial charge >= 0.3 is 0 Å². The van der Waals surface area contributed by atoms with E-state index in [2.05, 4.69) is 0 Å². The summed E-state index contributed by atoms with van der Waals surface area (Å²) < 4.78 is 12.9. The Morgan fingerprint density at radius 1 is 1.04 bits per heavy atom. The molecule has 23 heavy (non-hydrogen) atoms. The molecule has 0 bridgehead atoms. The lowest BCUT2D eigenvalue weighted by molar-refractivity contribution is -0.117. The van der Waals surface area contributed by atoms with Crippen LogP contribution in [0.5, 0.6) is 5.75 Å². The average Bonchev–Trinajstić information content (AvgIpc) is 2.81. The molecule has 0 amide bonds. The standard InChI is InChI=1S/C19H28O3S/c1-18(2,3)13-10-12(11-14(17(13)21)19(4,5)6)23(22)16-9-7-8-15(16)20/h10-11,16,21H,7-9H2,1-6H3. The fourth-order valence-corrected chi connectivity index (χ4v) is 4.58. The van der Waals surface area contributed by atoms with Crippen LogP contribution in [0.1, 0.15) is 71.9 Å². The van der Waals surface area contributed by atoms with Gasteiger partial charge in [-0.1, -0.05) is 41.5 Å². The Balaban J connectivity index is 2.60. The third-order valence-corrected chi connectivity index (χ3v) is 6.15. The van der Waals surface area contributed by atoms with Gasteiger partial charge in [0.15, 0.2) is 0 Å². The third kappa shape index (κ3) is 3.68. The number of aromatic hydroxyl groups is 1. The Labute approximate surface area is 141 Å². The third-order valence-electron chi connectivity index (χ3n) is 4.44. The van der Waals surface area contributed by atoms with Gasteiger partial charge in [0.05, 0.1) is 16.0 Å². The van der Waals surface area contributed by atoms with Crippen LogP contribution in [0.4, 0.5) is 0 Å². The number of benzene rings is 1. The highest BCUT2D eigenvalue weighted by molar-refractivity contribution is 7.86. The van der Waals surface area contributed by atoms with E-state index in [1.54, 1.807) is 0 Å². The summed E-state index contributed by atoms with van der Waals surface area (Å²) in [6, 6.07) is 3.65. The van der Waals surface area contributed by atoms with Crippen LogP contribution in [-0.4, -0.2) is 20.3 Å². The molecule has 1 aliphatic carbocycles. The molecule has 0 spiro atoms. The highest BCUT2D eigenvalue weighted by Gasteiger charge is 2.33. The molecule has 2 rings (SSSR count).